The van der Waals surface area contributed by atoms with Crippen LogP contribution in [-0.2, 0) is 28.7 Å². The zero-order chi connectivity index (χ0) is 24.2. The number of aliphatic hydroxyl groups excluding tert-OH is 1. The first-order valence-corrected chi connectivity index (χ1v) is 12.0. The minimum Gasteiger partial charge on any atom is -0.497 e. The van der Waals surface area contributed by atoms with Gasteiger partial charge in [-0.1, -0.05) is 24.3 Å². The molecule has 0 saturated heterocycles. The lowest BCUT2D eigenvalue weighted by Gasteiger charge is -2.23. The van der Waals surface area contributed by atoms with Gasteiger partial charge in [-0.15, -0.1) is 0 Å². The van der Waals surface area contributed by atoms with E-state index in [9.17, 15) is 13.5 Å². The Morgan fingerprint density at radius 3 is 1.79 bits per heavy atom. The molecule has 3 aromatic rings. The van der Waals surface area contributed by atoms with E-state index < -0.39 is 15.6 Å². The third kappa shape index (κ3) is 5.55. The summed E-state index contributed by atoms with van der Waals surface area (Å²) in [7, 11) is -0.727. The largest absolute Gasteiger partial charge is 0.497 e. The highest BCUT2D eigenvalue weighted by molar-refractivity contribution is 7.89. The van der Waals surface area contributed by atoms with Gasteiger partial charge in [-0.05, 0) is 56.2 Å². The summed E-state index contributed by atoms with van der Waals surface area (Å²) in [6.45, 7) is 5.42. The van der Waals surface area contributed by atoms with Crippen molar-refractivity contribution in [1.29, 1.82) is 0 Å². The summed E-state index contributed by atoms with van der Waals surface area (Å²) >= 11 is 0. The quantitative estimate of drug-likeness (QED) is 0.486. The first-order chi connectivity index (χ1) is 15.6. The number of rotatable bonds is 10. The maximum atomic E-state index is 13.8. The van der Waals surface area contributed by atoms with Crippen molar-refractivity contribution < 1.29 is 23.0 Å². The van der Waals surface area contributed by atoms with Crippen molar-refractivity contribution in [2.24, 2.45) is 0 Å². The monoisotopic (exact) mass is 473 g/mol. The number of hydrogen-bond donors (Lipinski definition) is 1. The van der Waals surface area contributed by atoms with Gasteiger partial charge in [0.1, 0.15) is 16.4 Å². The molecule has 0 aliphatic carbocycles. The SMILES string of the molecule is COc1ccc(CN(Cc2ccc(OC)cc2)S(=O)(=O)c2cn(C(C)(C)CO)nc2C)cc1. The number of nitrogens with zero attached hydrogens (tertiary/aromatic N) is 3. The lowest BCUT2D eigenvalue weighted by Crippen LogP contribution is -2.32. The molecular weight excluding hydrogens is 442 g/mol. The fourth-order valence-electron chi connectivity index (χ4n) is 3.31. The van der Waals surface area contributed by atoms with Gasteiger partial charge in [-0.3, -0.25) is 4.68 Å². The van der Waals surface area contributed by atoms with Crippen LogP contribution < -0.4 is 9.47 Å². The molecule has 0 aliphatic rings. The van der Waals surface area contributed by atoms with Crippen molar-refractivity contribution in [3.8, 4) is 11.5 Å². The Hall–Kier alpha value is -2.88. The van der Waals surface area contributed by atoms with Crippen LogP contribution in [-0.4, -0.2) is 48.4 Å². The molecule has 0 amide bonds. The Bertz CT molecular complexity index is 1120. The molecule has 0 radical (unpaired) electrons. The summed E-state index contributed by atoms with van der Waals surface area (Å²) in [6.07, 6.45) is 1.50. The molecule has 1 aromatic heterocycles. The first-order valence-electron chi connectivity index (χ1n) is 10.5. The Balaban J connectivity index is 2.00. The molecule has 0 unspecified atom stereocenters. The maximum Gasteiger partial charge on any atom is 0.247 e. The second kappa shape index (κ2) is 9.94. The number of benzene rings is 2. The Labute approximate surface area is 195 Å². The van der Waals surface area contributed by atoms with E-state index in [4.69, 9.17) is 9.47 Å². The third-order valence-corrected chi connectivity index (χ3v) is 7.41. The Morgan fingerprint density at radius 2 is 1.39 bits per heavy atom. The van der Waals surface area contributed by atoms with Crippen LogP contribution in [0, 0.1) is 6.92 Å². The summed E-state index contributed by atoms with van der Waals surface area (Å²) in [5, 5.41) is 14.1. The molecule has 8 nitrogen and oxygen atoms in total. The van der Waals surface area contributed by atoms with Crippen molar-refractivity contribution in [3.63, 3.8) is 0 Å². The molecule has 0 atom stereocenters. The highest BCUT2D eigenvalue weighted by Crippen LogP contribution is 2.27. The van der Waals surface area contributed by atoms with Crippen molar-refractivity contribution in [2.45, 2.75) is 44.3 Å². The van der Waals surface area contributed by atoms with E-state index in [0.29, 0.717) is 17.2 Å². The third-order valence-electron chi connectivity index (χ3n) is 5.51. The van der Waals surface area contributed by atoms with E-state index in [0.717, 1.165) is 11.1 Å². The summed E-state index contributed by atoms with van der Waals surface area (Å²) in [5.41, 5.74) is 1.31. The molecule has 2 aromatic carbocycles. The molecule has 0 fully saturated rings. The summed E-state index contributed by atoms with van der Waals surface area (Å²) in [4.78, 5) is 0.117. The van der Waals surface area contributed by atoms with Gasteiger partial charge in [0.15, 0.2) is 0 Å². The Kier molecular flexibility index (Phi) is 7.46. The lowest BCUT2D eigenvalue weighted by molar-refractivity contribution is 0.151. The molecule has 1 N–H and O–H groups in total. The standard InChI is InChI=1S/C24H31N3O5S/c1-18-23(16-27(25-18)24(2,3)17-28)33(29,30)26(14-19-6-10-21(31-4)11-7-19)15-20-8-12-22(32-5)13-9-20/h6-13,16,28H,14-15,17H2,1-5H3. The number of hydrogen-bond acceptors (Lipinski definition) is 6. The van der Waals surface area contributed by atoms with Gasteiger partial charge >= 0.3 is 0 Å². The summed E-state index contributed by atoms with van der Waals surface area (Å²) < 4.78 is 41.0. The Morgan fingerprint density at radius 1 is 0.939 bits per heavy atom. The second-order valence-corrected chi connectivity index (χ2v) is 10.4. The van der Waals surface area contributed by atoms with Crippen molar-refractivity contribution in [2.75, 3.05) is 20.8 Å². The minimum absolute atomic E-state index is 0.117. The molecule has 1 heterocycles. The van der Waals surface area contributed by atoms with E-state index in [1.807, 2.05) is 24.3 Å². The lowest BCUT2D eigenvalue weighted by atomic mass is 10.1. The van der Waals surface area contributed by atoms with E-state index >= 15 is 0 Å². The van der Waals surface area contributed by atoms with Crippen LogP contribution >= 0.6 is 0 Å². The second-order valence-electron chi connectivity index (χ2n) is 8.46. The minimum atomic E-state index is -3.90. The molecule has 178 valence electrons. The fourth-order valence-corrected chi connectivity index (χ4v) is 4.88. The van der Waals surface area contributed by atoms with Crippen LogP contribution in [0.1, 0.15) is 30.7 Å². The topological polar surface area (TPSA) is 93.9 Å². The fraction of sp³-hybridized carbons (Fsp3) is 0.375. The maximum absolute atomic E-state index is 13.8. The van der Waals surface area contributed by atoms with Crippen molar-refractivity contribution in [1.82, 2.24) is 14.1 Å². The van der Waals surface area contributed by atoms with Gasteiger partial charge in [0.2, 0.25) is 10.0 Å². The average Bonchev–Trinajstić information content (AvgIpc) is 3.23. The number of sulfonamides is 1. The van der Waals surface area contributed by atoms with Crippen molar-refractivity contribution >= 4 is 10.0 Å². The zero-order valence-corrected chi connectivity index (χ0v) is 20.5. The van der Waals surface area contributed by atoms with Crippen molar-refractivity contribution in [3.05, 3.63) is 71.5 Å². The normalized spacial score (nSPS) is 12.2. The number of methoxy groups -OCH3 is 2. The van der Waals surface area contributed by atoms with E-state index in [2.05, 4.69) is 5.10 Å². The van der Waals surface area contributed by atoms with Crippen LogP contribution in [0.3, 0.4) is 0 Å². The molecular formula is C24H31N3O5S. The van der Waals surface area contributed by atoms with Crippen LogP contribution in [0.5, 0.6) is 11.5 Å². The highest BCUT2D eigenvalue weighted by Gasteiger charge is 2.31. The molecule has 3 rings (SSSR count). The predicted molar refractivity (Wildman–Crippen MR) is 126 cm³/mol. The van der Waals surface area contributed by atoms with E-state index in [1.165, 1.54) is 15.2 Å². The molecule has 33 heavy (non-hydrogen) atoms. The van der Waals surface area contributed by atoms with Gasteiger partial charge in [0, 0.05) is 19.3 Å². The number of ether oxygens (including phenoxy) is 2. The van der Waals surface area contributed by atoms with Crippen LogP contribution in [0.2, 0.25) is 0 Å². The van der Waals surface area contributed by atoms with Gasteiger partial charge in [0.25, 0.3) is 0 Å². The van der Waals surface area contributed by atoms with Crippen LogP contribution in [0.4, 0.5) is 0 Å². The van der Waals surface area contributed by atoms with E-state index in [1.54, 1.807) is 59.3 Å². The molecule has 0 bridgehead atoms. The predicted octanol–water partition coefficient (Wildman–Crippen LogP) is 3.33. The highest BCUT2D eigenvalue weighted by atomic mass is 32.2. The van der Waals surface area contributed by atoms with Crippen LogP contribution in [0.15, 0.2) is 59.6 Å². The smallest absolute Gasteiger partial charge is 0.247 e. The number of aliphatic hydroxyl groups is 1. The molecule has 0 spiro atoms. The van der Waals surface area contributed by atoms with Gasteiger partial charge < -0.3 is 14.6 Å². The number of aromatic nitrogens is 2. The first kappa shape index (κ1) is 24.8. The zero-order valence-electron chi connectivity index (χ0n) is 19.6. The molecule has 9 heteroatoms. The van der Waals surface area contributed by atoms with Gasteiger partial charge in [-0.2, -0.15) is 9.40 Å². The summed E-state index contributed by atoms with van der Waals surface area (Å²) in [5.74, 6) is 1.40. The molecule has 0 saturated carbocycles. The average molecular weight is 474 g/mol. The van der Waals surface area contributed by atoms with Crippen LogP contribution in [0.25, 0.3) is 0 Å². The van der Waals surface area contributed by atoms with E-state index in [-0.39, 0.29) is 24.6 Å². The number of aryl methyl sites for hydroxylation is 1. The van der Waals surface area contributed by atoms with Gasteiger partial charge in [0.05, 0.1) is 32.1 Å². The summed E-state index contributed by atoms with van der Waals surface area (Å²) in [6, 6.07) is 14.6. The van der Waals surface area contributed by atoms with Gasteiger partial charge in [-0.25, -0.2) is 8.42 Å². The molecule has 0 aliphatic heterocycles.